The van der Waals surface area contributed by atoms with E-state index in [1.807, 2.05) is 12.1 Å². The van der Waals surface area contributed by atoms with Crippen LogP contribution in [0.5, 0.6) is 0 Å². The number of nitrogens with one attached hydrogen (secondary N) is 1. The number of hydrogen-bond acceptors (Lipinski definition) is 3. The van der Waals surface area contributed by atoms with Crippen molar-refractivity contribution in [3.8, 4) is 0 Å². The summed E-state index contributed by atoms with van der Waals surface area (Å²) in [7, 11) is 1.46. The molecule has 1 aromatic rings. The molecule has 0 spiro atoms. The number of carbonyl (C=O) groups is 2. The molecule has 96 valence electrons. The molecule has 0 bridgehead atoms. The molecular formula is C13H16N2O3. The molecular weight excluding hydrogens is 232 g/mol. The van der Waals surface area contributed by atoms with Crippen LogP contribution in [0.25, 0.3) is 0 Å². The van der Waals surface area contributed by atoms with E-state index in [2.05, 4.69) is 5.32 Å². The number of rotatable bonds is 3. The highest BCUT2D eigenvalue weighted by atomic mass is 16.3. The Morgan fingerprint density at radius 2 is 2.17 bits per heavy atom. The molecule has 1 heterocycles. The highest BCUT2D eigenvalue weighted by Gasteiger charge is 2.36. The van der Waals surface area contributed by atoms with Gasteiger partial charge in [-0.15, -0.1) is 0 Å². The van der Waals surface area contributed by atoms with Crippen molar-refractivity contribution in [2.75, 3.05) is 13.6 Å². The van der Waals surface area contributed by atoms with Gasteiger partial charge in [-0.3, -0.25) is 9.59 Å². The van der Waals surface area contributed by atoms with E-state index >= 15 is 0 Å². The quantitative estimate of drug-likeness (QED) is 0.799. The predicted octanol–water partition coefficient (Wildman–Crippen LogP) is 0.139. The molecule has 1 aliphatic rings. The second-order valence-electron chi connectivity index (χ2n) is 4.67. The SMILES string of the molecule is CNC(=O)[C@@](C)(O)CN1Cc2ccccc2C1=O. The fraction of sp³-hybridized carbons (Fsp3) is 0.385. The van der Waals surface area contributed by atoms with Gasteiger partial charge in [-0.05, 0) is 18.6 Å². The largest absolute Gasteiger partial charge is 0.378 e. The summed E-state index contributed by atoms with van der Waals surface area (Å²) in [4.78, 5) is 25.1. The van der Waals surface area contributed by atoms with Crippen LogP contribution in [0.4, 0.5) is 0 Å². The number of fused-ring (bicyclic) bond motifs is 1. The molecule has 2 N–H and O–H groups in total. The van der Waals surface area contributed by atoms with Crippen LogP contribution >= 0.6 is 0 Å². The van der Waals surface area contributed by atoms with Crippen molar-refractivity contribution in [3.05, 3.63) is 35.4 Å². The number of nitrogens with zero attached hydrogens (tertiary/aromatic N) is 1. The van der Waals surface area contributed by atoms with E-state index in [1.54, 1.807) is 12.1 Å². The highest BCUT2D eigenvalue weighted by molar-refractivity contribution is 5.98. The molecule has 1 aliphatic heterocycles. The van der Waals surface area contributed by atoms with E-state index < -0.39 is 11.5 Å². The van der Waals surface area contributed by atoms with Gasteiger partial charge < -0.3 is 15.3 Å². The van der Waals surface area contributed by atoms with Gasteiger partial charge in [0.1, 0.15) is 0 Å². The van der Waals surface area contributed by atoms with Crippen LogP contribution < -0.4 is 5.32 Å². The van der Waals surface area contributed by atoms with Crippen LogP contribution in [0.15, 0.2) is 24.3 Å². The molecule has 0 fully saturated rings. The number of carbonyl (C=O) groups excluding carboxylic acids is 2. The van der Waals surface area contributed by atoms with Crippen LogP contribution in [0.1, 0.15) is 22.8 Å². The topological polar surface area (TPSA) is 69.6 Å². The Kier molecular flexibility index (Phi) is 3.09. The molecule has 18 heavy (non-hydrogen) atoms. The Balaban J connectivity index is 2.15. The van der Waals surface area contributed by atoms with Crippen molar-refractivity contribution >= 4 is 11.8 Å². The Labute approximate surface area is 105 Å². The average molecular weight is 248 g/mol. The molecule has 1 aromatic carbocycles. The van der Waals surface area contributed by atoms with Gasteiger partial charge in [0.05, 0.1) is 6.54 Å². The van der Waals surface area contributed by atoms with E-state index in [-0.39, 0.29) is 12.5 Å². The third kappa shape index (κ3) is 2.09. The summed E-state index contributed by atoms with van der Waals surface area (Å²) in [6, 6.07) is 7.30. The summed E-state index contributed by atoms with van der Waals surface area (Å²) in [5.41, 5.74) is -0.00710. The first-order valence-corrected chi connectivity index (χ1v) is 5.77. The Hall–Kier alpha value is -1.88. The predicted molar refractivity (Wildman–Crippen MR) is 65.9 cm³/mol. The van der Waals surface area contributed by atoms with Crippen molar-refractivity contribution in [1.29, 1.82) is 0 Å². The number of β-amino-alcohol motifs (C(OH)–C–C–N with tert-alkyl or cyclic N) is 1. The van der Waals surface area contributed by atoms with Crippen molar-refractivity contribution in [1.82, 2.24) is 10.2 Å². The first kappa shape index (κ1) is 12.6. The van der Waals surface area contributed by atoms with Crippen molar-refractivity contribution in [2.24, 2.45) is 0 Å². The van der Waals surface area contributed by atoms with Gasteiger partial charge in [0, 0.05) is 19.2 Å². The number of hydrogen-bond donors (Lipinski definition) is 2. The molecule has 0 aliphatic carbocycles. The lowest BCUT2D eigenvalue weighted by atomic mass is 10.1. The van der Waals surface area contributed by atoms with Crippen LogP contribution in [0.2, 0.25) is 0 Å². The number of likely N-dealkylation sites (N-methyl/N-ethyl adjacent to an activating group) is 1. The zero-order valence-electron chi connectivity index (χ0n) is 10.4. The van der Waals surface area contributed by atoms with E-state index in [1.165, 1.54) is 18.9 Å². The number of benzene rings is 1. The van der Waals surface area contributed by atoms with Crippen LogP contribution in [0.3, 0.4) is 0 Å². The minimum Gasteiger partial charge on any atom is -0.378 e. The average Bonchev–Trinajstić information content (AvgIpc) is 2.65. The standard InChI is InChI=1S/C13H16N2O3/c1-13(18,12(17)14-2)8-15-7-9-5-3-4-6-10(9)11(15)16/h3-6,18H,7-8H2,1-2H3,(H,14,17)/t13-/m0/s1. The van der Waals surface area contributed by atoms with Gasteiger partial charge >= 0.3 is 0 Å². The molecule has 2 amide bonds. The number of aliphatic hydroxyl groups is 1. The Morgan fingerprint density at radius 3 is 2.78 bits per heavy atom. The van der Waals surface area contributed by atoms with E-state index in [0.717, 1.165) is 5.56 Å². The van der Waals surface area contributed by atoms with E-state index in [0.29, 0.717) is 12.1 Å². The summed E-state index contributed by atoms with van der Waals surface area (Å²) in [6.45, 7) is 1.82. The summed E-state index contributed by atoms with van der Waals surface area (Å²) < 4.78 is 0. The summed E-state index contributed by atoms with van der Waals surface area (Å²) in [5.74, 6) is -0.638. The smallest absolute Gasteiger partial charge is 0.254 e. The molecule has 5 nitrogen and oxygen atoms in total. The maximum absolute atomic E-state index is 12.1. The molecule has 5 heteroatoms. The normalized spacial score (nSPS) is 17.3. The van der Waals surface area contributed by atoms with Crippen LogP contribution in [-0.2, 0) is 11.3 Å². The summed E-state index contributed by atoms with van der Waals surface area (Å²) >= 11 is 0. The van der Waals surface area contributed by atoms with Gasteiger partial charge in [-0.25, -0.2) is 0 Å². The monoisotopic (exact) mass is 248 g/mol. The minimum atomic E-state index is -1.58. The van der Waals surface area contributed by atoms with Gasteiger partial charge in [0.2, 0.25) is 0 Å². The fourth-order valence-corrected chi connectivity index (χ4v) is 2.16. The van der Waals surface area contributed by atoms with Crippen LogP contribution in [-0.4, -0.2) is 41.0 Å². The zero-order chi connectivity index (χ0) is 13.3. The highest BCUT2D eigenvalue weighted by Crippen LogP contribution is 2.23. The molecule has 0 saturated carbocycles. The zero-order valence-corrected chi connectivity index (χ0v) is 10.4. The molecule has 1 atom stereocenters. The summed E-state index contributed by atoms with van der Waals surface area (Å²) in [5, 5.41) is 12.4. The third-order valence-electron chi connectivity index (χ3n) is 3.11. The second kappa shape index (κ2) is 4.42. The first-order chi connectivity index (χ1) is 8.45. The van der Waals surface area contributed by atoms with Crippen molar-refractivity contribution < 1.29 is 14.7 Å². The summed E-state index contributed by atoms with van der Waals surface area (Å²) in [6.07, 6.45) is 0. The number of amides is 2. The maximum Gasteiger partial charge on any atom is 0.254 e. The fourth-order valence-electron chi connectivity index (χ4n) is 2.16. The van der Waals surface area contributed by atoms with Crippen molar-refractivity contribution in [3.63, 3.8) is 0 Å². The molecule has 0 unspecified atom stereocenters. The molecule has 0 aromatic heterocycles. The van der Waals surface area contributed by atoms with E-state index in [9.17, 15) is 14.7 Å². The first-order valence-electron chi connectivity index (χ1n) is 5.77. The van der Waals surface area contributed by atoms with Gasteiger partial charge in [-0.2, -0.15) is 0 Å². The maximum atomic E-state index is 12.1. The molecule has 0 saturated heterocycles. The lowest BCUT2D eigenvalue weighted by Gasteiger charge is -2.27. The lowest BCUT2D eigenvalue weighted by molar-refractivity contribution is -0.138. The van der Waals surface area contributed by atoms with Gasteiger partial charge in [-0.1, -0.05) is 18.2 Å². The van der Waals surface area contributed by atoms with Crippen LogP contribution in [0, 0.1) is 0 Å². The second-order valence-corrected chi connectivity index (χ2v) is 4.67. The lowest BCUT2D eigenvalue weighted by Crippen LogP contribution is -2.51. The third-order valence-corrected chi connectivity index (χ3v) is 3.11. The Bertz CT molecular complexity index is 497. The minimum absolute atomic E-state index is 0.0137. The molecule has 0 radical (unpaired) electrons. The van der Waals surface area contributed by atoms with E-state index in [4.69, 9.17) is 0 Å². The van der Waals surface area contributed by atoms with Gasteiger partial charge in [0.15, 0.2) is 5.60 Å². The molecule has 2 rings (SSSR count). The van der Waals surface area contributed by atoms with Crippen molar-refractivity contribution in [2.45, 2.75) is 19.1 Å². The Morgan fingerprint density at radius 1 is 1.50 bits per heavy atom. The van der Waals surface area contributed by atoms with Gasteiger partial charge in [0.25, 0.3) is 11.8 Å².